The van der Waals surface area contributed by atoms with E-state index in [0.717, 1.165) is 26.3 Å². The molecule has 0 unspecified atom stereocenters. The summed E-state index contributed by atoms with van der Waals surface area (Å²) >= 11 is 0. The number of morpholine rings is 1. The van der Waals surface area contributed by atoms with Crippen LogP contribution in [0.1, 0.15) is 18.5 Å². The Kier molecular flexibility index (Phi) is 3.17. The van der Waals surface area contributed by atoms with Crippen LogP contribution in [0.25, 0.3) is 21.8 Å². The van der Waals surface area contributed by atoms with Crippen LogP contribution in [0.2, 0.25) is 0 Å². The van der Waals surface area contributed by atoms with Gasteiger partial charge in [-0.1, -0.05) is 24.3 Å². The molecule has 1 aliphatic rings. The molecule has 4 rings (SSSR count). The van der Waals surface area contributed by atoms with Gasteiger partial charge in [-0.3, -0.25) is 0 Å². The molecule has 1 aromatic heterocycles. The highest BCUT2D eigenvalue weighted by molar-refractivity contribution is 6.08. The van der Waals surface area contributed by atoms with Crippen LogP contribution in [0.4, 0.5) is 0 Å². The number of nitrogens with zero attached hydrogens (tertiary/aromatic N) is 1. The van der Waals surface area contributed by atoms with E-state index in [2.05, 4.69) is 59.3 Å². The Balaban J connectivity index is 1.92. The van der Waals surface area contributed by atoms with E-state index in [9.17, 15) is 0 Å². The average molecular weight is 280 g/mol. The molecular weight excluding hydrogens is 260 g/mol. The monoisotopic (exact) mass is 280 g/mol. The van der Waals surface area contributed by atoms with Gasteiger partial charge in [-0.25, -0.2) is 0 Å². The van der Waals surface area contributed by atoms with E-state index in [1.165, 1.54) is 27.4 Å². The molecule has 108 valence electrons. The number of aryl methyl sites for hydroxylation is 1. The van der Waals surface area contributed by atoms with Crippen LogP contribution in [0.15, 0.2) is 42.5 Å². The number of benzene rings is 2. The lowest BCUT2D eigenvalue weighted by Crippen LogP contribution is -2.34. The van der Waals surface area contributed by atoms with Gasteiger partial charge < -0.3 is 14.6 Å². The number of fused-ring (bicyclic) bond motifs is 3. The van der Waals surface area contributed by atoms with Gasteiger partial charge in [-0.2, -0.15) is 0 Å². The van der Waals surface area contributed by atoms with E-state index in [4.69, 9.17) is 4.74 Å². The third kappa shape index (κ3) is 2.04. The van der Waals surface area contributed by atoms with Gasteiger partial charge in [0.1, 0.15) is 0 Å². The Morgan fingerprint density at radius 2 is 2.00 bits per heavy atom. The smallest absolute Gasteiger partial charge is 0.0662 e. The molecule has 1 N–H and O–H groups in total. The summed E-state index contributed by atoms with van der Waals surface area (Å²) in [4.78, 5) is 0. The number of aromatic nitrogens is 1. The minimum atomic E-state index is 0.312. The van der Waals surface area contributed by atoms with Crippen LogP contribution in [-0.2, 0) is 11.3 Å². The Morgan fingerprint density at radius 1 is 1.14 bits per heavy atom. The zero-order chi connectivity index (χ0) is 14.2. The van der Waals surface area contributed by atoms with Crippen molar-refractivity contribution in [3.8, 4) is 0 Å². The maximum Gasteiger partial charge on any atom is 0.0662 e. The van der Waals surface area contributed by atoms with E-state index >= 15 is 0 Å². The Labute approximate surface area is 124 Å². The Hall–Kier alpha value is -1.84. The van der Waals surface area contributed by atoms with Crippen molar-refractivity contribution in [1.82, 2.24) is 9.88 Å². The van der Waals surface area contributed by atoms with Crippen molar-refractivity contribution in [2.45, 2.75) is 19.5 Å². The topological polar surface area (TPSA) is 26.2 Å². The SMILES string of the molecule is CCn1c2ccccc2c2cc([C@@H]3COCCN3)ccc21. The van der Waals surface area contributed by atoms with Crippen molar-refractivity contribution in [2.75, 3.05) is 19.8 Å². The van der Waals surface area contributed by atoms with Crippen molar-refractivity contribution >= 4 is 21.8 Å². The summed E-state index contributed by atoms with van der Waals surface area (Å²) < 4.78 is 7.98. The first-order valence-corrected chi connectivity index (χ1v) is 7.70. The molecule has 0 radical (unpaired) electrons. The van der Waals surface area contributed by atoms with E-state index in [0.29, 0.717) is 6.04 Å². The average Bonchev–Trinajstić information content (AvgIpc) is 2.88. The molecule has 3 nitrogen and oxygen atoms in total. The van der Waals surface area contributed by atoms with Crippen LogP contribution in [0, 0.1) is 0 Å². The fourth-order valence-electron chi connectivity index (χ4n) is 3.41. The fraction of sp³-hybridized carbons (Fsp3) is 0.333. The van der Waals surface area contributed by atoms with E-state index < -0.39 is 0 Å². The fourth-order valence-corrected chi connectivity index (χ4v) is 3.41. The molecule has 1 aliphatic heterocycles. The molecule has 2 heterocycles. The second-order valence-electron chi connectivity index (χ2n) is 5.62. The molecule has 0 aliphatic carbocycles. The maximum atomic E-state index is 5.59. The first kappa shape index (κ1) is 12.9. The van der Waals surface area contributed by atoms with Gasteiger partial charge in [0.05, 0.1) is 19.3 Å². The molecule has 1 atom stereocenters. The second-order valence-corrected chi connectivity index (χ2v) is 5.62. The first-order valence-electron chi connectivity index (χ1n) is 7.70. The third-order valence-corrected chi connectivity index (χ3v) is 4.44. The van der Waals surface area contributed by atoms with Crippen molar-refractivity contribution in [2.24, 2.45) is 0 Å². The third-order valence-electron chi connectivity index (χ3n) is 4.44. The highest BCUT2D eigenvalue weighted by Crippen LogP contribution is 2.31. The van der Waals surface area contributed by atoms with Crippen molar-refractivity contribution in [1.29, 1.82) is 0 Å². The predicted molar refractivity (Wildman–Crippen MR) is 86.7 cm³/mol. The van der Waals surface area contributed by atoms with Gasteiger partial charge in [0.15, 0.2) is 0 Å². The molecular formula is C18H20N2O. The molecule has 0 spiro atoms. The molecule has 1 fully saturated rings. The van der Waals surface area contributed by atoms with Crippen molar-refractivity contribution in [3.63, 3.8) is 0 Å². The van der Waals surface area contributed by atoms with E-state index in [1.54, 1.807) is 0 Å². The van der Waals surface area contributed by atoms with Crippen LogP contribution in [0.3, 0.4) is 0 Å². The predicted octanol–water partition coefficient (Wildman–Crippen LogP) is 3.48. The van der Waals surface area contributed by atoms with Crippen LogP contribution in [0.5, 0.6) is 0 Å². The number of rotatable bonds is 2. The quantitative estimate of drug-likeness (QED) is 0.778. The van der Waals surface area contributed by atoms with Gasteiger partial charge in [0, 0.05) is 34.9 Å². The molecule has 21 heavy (non-hydrogen) atoms. The number of ether oxygens (including phenoxy) is 1. The largest absolute Gasteiger partial charge is 0.378 e. The molecule has 0 saturated carbocycles. The van der Waals surface area contributed by atoms with Crippen molar-refractivity contribution < 1.29 is 4.74 Å². The first-order chi connectivity index (χ1) is 10.4. The van der Waals surface area contributed by atoms with Gasteiger partial charge in [0.2, 0.25) is 0 Å². The highest BCUT2D eigenvalue weighted by Gasteiger charge is 2.17. The standard InChI is InChI=1S/C18H20N2O/c1-2-20-17-6-4-3-5-14(17)15-11-13(7-8-18(15)20)16-12-21-10-9-19-16/h3-8,11,16,19H,2,9-10,12H2,1H3/t16-/m0/s1. The number of para-hydroxylation sites is 1. The highest BCUT2D eigenvalue weighted by atomic mass is 16.5. The van der Waals surface area contributed by atoms with E-state index in [-0.39, 0.29) is 0 Å². The second kappa shape index (κ2) is 5.17. The van der Waals surface area contributed by atoms with Crippen LogP contribution in [-0.4, -0.2) is 24.3 Å². The molecule has 3 heteroatoms. The molecule has 1 saturated heterocycles. The van der Waals surface area contributed by atoms with Gasteiger partial charge in [-0.05, 0) is 30.7 Å². The lowest BCUT2D eigenvalue weighted by Gasteiger charge is -2.24. The summed E-state index contributed by atoms with van der Waals surface area (Å²) in [5.74, 6) is 0. The number of hydrogen-bond donors (Lipinski definition) is 1. The molecule has 2 aromatic carbocycles. The maximum absolute atomic E-state index is 5.59. The molecule has 0 amide bonds. The van der Waals surface area contributed by atoms with E-state index in [1.807, 2.05) is 0 Å². The molecule has 0 bridgehead atoms. The van der Waals surface area contributed by atoms with Gasteiger partial charge in [-0.15, -0.1) is 0 Å². The van der Waals surface area contributed by atoms with Gasteiger partial charge in [0.25, 0.3) is 0 Å². The number of hydrogen-bond acceptors (Lipinski definition) is 2. The Morgan fingerprint density at radius 3 is 2.81 bits per heavy atom. The summed E-state index contributed by atoms with van der Waals surface area (Å²) in [6, 6.07) is 15.8. The zero-order valence-corrected chi connectivity index (χ0v) is 12.3. The van der Waals surface area contributed by atoms with Crippen molar-refractivity contribution in [3.05, 3.63) is 48.0 Å². The Bertz CT molecular complexity index is 784. The summed E-state index contributed by atoms with van der Waals surface area (Å²) in [6.45, 7) is 5.70. The lowest BCUT2D eigenvalue weighted by molar-refractivity contribution is 0.0769. The minimum Gasteiger partial charge on any atom is -0.378 e. The molecule has 3 aromatic rings. The van der Waals surface area contributed by atoms with Crippen LogP contribution < -0.4 is 5.32 Å². The minimum absolute atomic E-state index is 0.312. The van der Waals surface area contributed by atoms with Gasteiger partial charge >= 0.3 is 0 Å². The normalized spacial score (nSPS) is 19.4. The summed E-state index contributed by atoms with van der Waals surface area (Å²) in [6.07, 6.45) is 0. The lowest BCUT2D eigenvalue weighted by atomic mass is 10.0. The summed E-state index contributed by atoms with van der Waals surface area (Å²) in [5.41, 5.74) is 3.96. The zero-order valence-electron chi connectivity index (χ0n) is 12.3. The summed E-state index contributed by atoms with van der Waals surface area (Å²) in [5, 5.41) is 6.22. The van der Waals surface area contributed by atoms with Crippen LogP contribution >= 0.6 is 0 Å². The summed E-state index contributed by atoms with van der Waals surface area (Å²) in [7, 11) is 0. The number of nitrogens with one attached hydrogen (secondary N) is 1.